The van der Waals surface area contributed by atoms with E-state index < -0.39 is 6.09 Å². The number of hydrogen-bond donors (Lipinski definition) is 0. The Morgan fingerprint density at radius 2 is 1.93 bits per heavy atom. The van der Waals surface area contributed by atoms with Gasteiger partial charge in [-0.3, -0.25) is 24.1 Å². The Morgan fingerprint density at radius 3 is 2.52 bits per heavy atom. The Morgan fingerprint density at radius 1 is 1.24 bits per heavy atom. The number of hydrogen-bond acceptors (Lipinski definition) is 6. The first-order valence-corrected chi connectivity index (χ1v) is 9.94. The fourth-order valence-corrected chi connectivity index (χ4v) is 4.08. The quantitative estimate of drug-likeness (QED) is 0.703. The Labute approximate surface area is 171 Å². The number of nitrogens with zero attached hydrogens (tertiary/aromatic N) is 6. The summed E-state index contributed by atoms with van der Waals surface area (Å²) in [6.07, 6.45) is 1.23. The van der Waals surface area contributed by atoms with Crippen molar-refractivity contribution < 1.29 is 19.1 Å². The number of carbonyl (C=O) groups excluding carboxylic acids is 3. The summed E-state index contributed by atoms with van der Waals surface area (Å²) in [5.41, 5.74) is 0.890. The molecule has 29 heavy (non-hydrogen) atoms. The van der Waals surface area contributed by atoms with Gasteiger partial charge in [0, 0.05) is 52.9 Å². The van der Waals surface area contributed by atoms with Gasteiger partial charge in [-0.25, -0.2) is 4.79 Å². The molecule has 0 aromatic carbocycles. The first-order valence-electron chi connectivity index (χ1n) is 9.94. The Balaban J connectivity index is 1.57. The van der Waals surface area contributed by atoms with E-state index in [1.54, 1.807) is 9.58 Å². The van der Waals surface area contributed by atoms with Crippen molar-refractivity contribution in [2.75, 3.05) is 58.3 Å². The molecule has 2 fully saturated rings. The molecule has 0 radical (unpaired) electrons. The Hall–Kier alpha value is -2.62. The maximum Gasteiger partial charge on any atom is 0.409 e. The van der Waals surface area contributed by atoms with E-state index in [9.17, 15) is 14.4 Å². The molecule has 160 valence electrons. The molecule has 3 heterocycles. The van der Waals surface area contributed by atoms with Crippen LogP contribution in [0.25, 0.3) is 0 Å². The number of amides is 3. The molecular formula is C19H30N6O4. The van der Waals surface area contributed by atoms with Crippen LogP contribution < -0.4 is 4.90 Å². The molecule has 3 rings (SSSR count). The molecule has 1 unspecified atom stereocenters. The van der Waals surface area contributed by atoms with Gasteiger partial charge in [-0.15, -0.1) is 0 Å². The van der Waals surface area contributed by atoms with Gasteiger partial charge in [-0.05, 0) is 19.8 Å². The highest BCUT2D eigenvalue weighted by atomic mass is 16.5. The van der Waals surface area contributed by atoms with Crippen LogP contribution in [0, 0.1) is 6.92 Å². The number of anilines is 1. The third kappa shape index (κ3) is 4.52. The minimum atomic E-state index is -0.532. The summed E-state index contributed by atoms with van der Waals surface area (Å²) in [6.45, 7) is 4.98. The van der Waals surface area contributed by atoms with Gasteiger partial charge in [0.25, 0.3) is 0 Å². The minimum absolute atomic E-state index is 0.0113. The molecule has 0 N–H and O–H groups in total. The van der Waals surface area contributed by atoms with E-state index in [4.69, 9.17) is 0 Å². The van der Waals surface area contributed by atoms with Crippen LogP contribution in [0.4, 0.5) is 10.6 Å². The summed E-state index contributed by atoms with van der Waals surface area (Å²) in [6, 6.07) is 1.77. The highest BCUT2D eigenvalue weighted by Crippen LogP contribution is 2.25. The van der Waals surface area contributed by atoms with Crippen LogP contribution in [0.15, 0.2) is 6.07 Å². The van der Waals surface area contributed by atoms with Crippen LogP contribution in [0.5, 0.6) is 0 Å². The van der Waals surface area contributed by atoms with E-state index in [-0.39, 0.29) is 24.4 Å². The number of aromatic nitrogens is 2. The topological polar surface area (TPSA) is 91.2 Å². The number of piperidine rings is 1. The molecule has 0 aliphatic carbocycles. The third-order valence-electron chi connectivity index (χ3n) is 5.63. The fraction of sp³-hybridized carbons (Fsp3) is 0.684. The van der Waals surface area contributed by atoms with Crippen LogP contribution in [-0.2, 0) is 21.4 Å². The van der Waals surface area contributed by atoms with Gasteiger partial charge in [0.1, 0.15) is 12.4 Å². The van der Waals surface area contributed by atoms with Crippen molar-refractivity contribution in [3.8, 4) is 0 Å². The SMILES string of the molecule is COC(=O)N(C)CC(=O)N1CCN(C2CCCN(c3cc(C)nn3C)C2=O)CC1. The molecule has 10 nitrogen and oxygen atoms in total. The number of ether oxygens (including phenoxy) is 1. The zero-order valence-corrected chi connectivity index (χ0v) is 17.6. The monoisotopic (exact) mass is 406 g/mol. The summed E-state index contributed by atoms with van der Waals surface area (Å²) in [5.74, 6) is 0.820. The van der Waals surface area contributed by atoms with Crippen molar-refractivity contribution in [3.63, 3.8) is 0 Å². The van der Waals surface area contributed by atoms with E-state index in [2.05, 4.69) is 14.7 Å². The predicted octanol–water partition coefficient (Wildman–Crippen LogP) is 0.0663. The van der Waals surface area contributed by atoms with Crippen LogP contribution in [0.2, 0.25) is 0 Å². The number of piperazine rings is 1. The molecule has 2 saturated heterocycles. The fourth-order valence-electron chi connectivity index (χ4n) is 4.08. The number of aryl methyl sites for hydroxylation is 2. The average molecular weight is 406 g/mol. The number of rotatable bonds is 4. The van der Waals surface area contributed by atoms with Crippen LogP contribution in [0.3, 0.4) is 0 Å². The minimum Gasteiger partial charge on any atom is -0.453 e. The highest BCUT2D eigenvalue weighted by Gasteiger charge is 2.37. The van der Waals surface area contributed by atoms with Crippen molar-refractivity contribution >= 4 is 23.7 Å². The van der Waals surface area contributed by atoms with Gasteiger partial charge in [0.2, 0.25) is 11.8 Å². The molecule has 1 atom stereocenters. The van der Waals surface area contributed by atoms with E-state index in [0.717, 1.165) is 24.4 Å². The molecule has 1 aromatic heterocycles. The third-order valence-corrected chi connectivity index (χ3v) is 5.63. The number of likely N-dealkylation sites (N-methyl/N-ethyl adjacent to an activating group) is 1. The summed E-state index contributed by atoms with van der Waals surface area (Å²) >= 11 is 0. The molecular weight excluding hydrogens is 376 g/mol. The molecule has 3 amide bonds. The standard InChI is InChI=1S/C19H30N6O4/c1-14-12-16(22(3)20-14)25-7-5-6-15(18(25)27)23-8-10-24(11-9-23)17(26)13-21(2)19(28)29-4/h12,15H,5-11,13H2,1-4H3. The maximum absolute atomic E-state index is 13.2. The largest absolute Gasteiger partial charge is 0.453 e. The molecule has 10 heteroatoms. The lowest BCUT2D eigenvalue weighted by molar-refractivity contribution is -0.135. The van der Waals surface area contributed by atoms with Gasteiger partial charge in [-0.2, -0.15) is 5.10 Å². The normalized spacial score (nSPS) is 20.7. The average Bonchev–Trinajstić information content (AvgIpc) is 3.05. The molecule has 0 bridgehead atoms. The van der Waals surface area contributed by atoms with Crippen molar-refractivity contribution in [2.45, 2.75) is 25.8 Å². The second-order valence-electron chi connectivity index (χ2n) is 7.66. The van der Waals surface area contributed by atoms with Gasteiger partial charge >= 0.3 is 6.09 Å². The molecule has 0 saturated carbocycles. The van der Waals surface area contributed by atoms with Crippen molar-refractivity contribution in [1.29, 1.82) is 0 Å². The van der Waals surface area contributed by atoms with E-state index in [1.165, 1.54) is 19.1 Å². The number of methoxy groups -OCH3 is 1. The van der Waals surface area contributed by atoms with Crippen LogP contribution in [-0.4, -0.2) is 102 Å². The molecule has 2 aliphatic heterocycles. The first kappa shape index (κ1) is 21.1. The summed E-state index contributed by atoms with van der Waals surface area (Å²) in [7, 11) is 4.68. The van der Waals surface area contributed by atoms with Crippen LogP contribution >= 0.6 is 0 Å². The van der Waals surface area contributed by atoms with Crippen molar-refractivity contribution in [3.05, 3.63) is 11.8 Å². The zero-order valence-electron chi connectivity index (χ0n) is 17.6. The van der Waals surface area contributed by atoms with E-state index in [0.29, 0.717) is 32.7 Å². The predicted molar refractivity (Wildman–Crippen MR) is 107 cm³/mol. The smallest absolute Gasteiger partial charge is 0.409 e. The van der Waals surface area contributed by atoms with Crippen molar-refractivity contribution in [2.24, 2.45) is 7.05 Å². The molecule has 0 spiro atoms. The lowest BCUT2D eigenvalue weighted by atomic mass is 10.0. The number of carbonyl (C=O) groups is 3. The molecule has 1 aromatic rings. The van der Waals surface area contributed by atoms with E-state index >= 15 is 0 Å². The van der Waals surface area contributed by atoms with Gasteiger partial charge < -0.3 is 14.5 Å². The summed E-state index contributed by atoms with van der Waals surface area (Å²) in [5, 5.41) is 4.36. The van der Waals surface area contributed by atoms with Gasteiger partial charge in [0.15, 0.2) is 0 Å². The first-order chi connectivity index (χ1) is 13.8. The summed E-state index contributed by atoms with van der Waals surface area (Å²) in [4.78, 5) is 44.1. The van der Waals surface area contributed by atoms with Crippen molar-refractivity contribution in [1.82, 2.24) is 24.5 Å². The second kappa shape index (κ2) is 8.81. The lowest BCUT2D eigenvalue weighted by Crippen LogP contribution is -2.59. The Kier molecular flexibility index (Phi) is 6.41. The highest BCUT2D eigenvalue weighted by molar-refractivity contribution is 5.97. The van der Waals surface area contributed by atoms with Crippen LogP contribution in [0.1, 0.15) is 18.5 Å². The summed E-state index contributed by atoms with van der Waals surface area (Å²) < 4.78 is 6.38. The Bertz CT molecular complexity index is 771. The lowest BCUT2D eigenvalue weighted by Gasteiger charge is -2.42. The zero-order chi connectivity index (χ0) is 21.1. The van der Waals surface area contributed by atoms with E-state index in [1.807, 2.05) is 24.9 Å². The molecule has 2 aliphatic rings. The van der Waals surface area contributed by atoms with Gasteiger partial charge in [-0.1, -0.05) is 0 Å². The van der Waals surface area contributed by atoms with Gasteiger partial charge in [0.05, 0.1) is 18.8 Å². The maximum atomic E-state index is 13.2. The second-order valence-corrected chi connectivity index (χ2v) is 7.66.